The first-order chi connectivity index (χ1) is 7.65. The van der Waals surface area contributed by atoms with Gasteiger partial charge in [0.05, 0.1) is 6.61 Å². The van der Waals surface area contributed by atoms with Gasteiger partial charge in [0.15, 0.2) is 0 Å². The van der Waals surface area contributed by atoms with E-state index in [1.807, 2.05) is 0 Å². The number of anilines is 2. The van der Waals surface area contributed by atoms with Gasteiger partial charge in [0, 0.05) is 6.07 Å². The van der Waals surface area contributed by atoms with Crippen LogP contribution in [0.25, 0.3) is 0 Å². The number of nitrogens with zero attached hydrogens (tertiary/aromatic N) is 2. The van der Waals surface area contributed by atoms with Gasteiger partial charge in [-0.2, -0.15) is 0 Å². The third kappa shape index (κ3) is 3.70. The number of carbonyl (C=O) groups excluding carboxylic acids is 1. The normalized spacial score (nSPS) is 9.69. The van der Waals surface area contributed by atoms with Gasteiger partial charge in [0.2, 0.25) is 0 Å². The van der Waals surface area contributed by atoms with Gasteiger partial charge < -0.3 is 15.5 Å². The number of carbonyl (C=O) groups is 1. The van der Waals surface area contributed by atoms with Crippen molar-refractivity contribution in [2.24, 2.45) is 5.84 Å². The fourth-order valence-corrected chi connectivity index (χ4v) is 1.11. The van der Waals surface area contributed by atoms with Crippen molar-refractivity contribution in [1.29, 1.82) is 0 Å². The maximum absolute atomic E-state index is 11.1. The first-order valence-corrected chi connectivity index (χ1v) is 4.87. The molecular formula is C9H15N5O2. The van der Waals surface area contributed by atoms with Gasteiger partial charge in [-0.1, -0.05) is 0 Å². The van der Waals surface area contributed by atoms with E-state index in [1.54, 1.807) is 19.9 Å². The molecule has 0 atom stereocenters. The van der Waals surface area contributed by atoms with Crippen LogP contribution in [0.4, 0.5) is 11.6 Å². The zero-order valence-corrected chi connectivity index (χ0v) is 9.28. The molecule has 0 radical (unpaired) electrons. The number of nitrogens with one attached hydrogen (secondary N) is 2. The molecule has 0 bridgehead atoms. The lowest BCUT2D eigenvalue weighted by Crippen LogP contribution is -2.18. The topological polar surface area (TPSA) is 102 Å². The molecule has 0 saturated heterocycles. The summed E-state index contributed by atoms with van der Waals surface area (Å²) in [7, 11) is 0. The number of ether oxygens (including phenoxy) is 1. The van der Waals surface area contributed by atoms with Gasteiger partial charge in [-0.3, -0.25) is 4.79 Å². The van der Waals surface area contributed by atoms with Crippen molar-refractivity contribution in [3.63, 3.8) is 0 Å². The summed E-state index contributed by atoms with van der Waals surface area (Å²) in [5.41, 5.74) is 2.41. The Labute approximate surface area is 93.4 Å². The first kappa shape index (κ1) is 12.2. The minimum atomic E-state index is -0.332. The van der Waals surface area contributed by atoms with Crippen molar-refractivity contribution < 1.29 is 9.53 Å². The van der Waals surface area contributed by atoms with E-state index in [0.717, 1.165) is 0 Å². The van der Waals surface area contributed by atoms with Crippen molar-refractivity contribution in [3.05, 3.63) is 11.9 Å². The number of rotatable bonds is 5. The maximum atomic E-state index is 11.1. The molecule has 7 heteroatoms. The average Bonchev–Trinajstić information content (AvgIpc) is 2.26. The molecule has 88 valence electrons. The molecule has 0 aliphatic carbocycles. The smallest absolute Gasteiger partial charge is 0.325 e. The molecule has 7 nitrogen and oxygen atoms in total. The summed E-state index contributed by atoms with van der Waals surface area (Å²) in [4.78, 5) is 19.2. The van der Waals surface area contributed by atoms with Gasteiger partial charge in [-0.15, -0.1) is 0 Å². The van der Waals surface area contributed by atoms with Crippen LogP contribution >= 0.6 is 0 Å². The number of aromatic nitrogens is 2. The van der Waals surface area contributed by atoms with Gasteiger partial charge >= 0.3 is 5.97 Å². The minimum absolute atomic E-state index is 0.0638. The molecule has 4 N–H and O–H groups in total. The van der Waals surface area contributed by atoms with Gasteiger partial charge in [0.25, 0.3) is 0 Å². The van der Waals surface area contributed by atoms with Crippen LogP contribution in [0.3, 0.4) is 0 Å². The highest BCUT2D eigenvalue weighted by molar-refractivity contribution is 5.74. The highest BCUT2D eigenvalue weighted by Crippen LogP contribution is 2.09. The zero-order valence-electron chi connectivity index (χ0n) is 9.28. The third-order valence-electron chi connectivity index (χ3n) is 1.70. The Hall–Kier alpha value is -1.89. The maximum Gasteiger partial charge on any atom is 0.325 e. The van der Waals surface area contributed by atoms with E-state index in [0.29, 0.717) is 24.1 Å². The fourth-order valence-electron chi connectivity index (χ4n) is 1.11. The van der Waals surface area contributed by atoms with Crippen molar-refractivity contribution in [3.8, 4) is 0 Å². The molecule has 1 aromatic rings. The number of hydrogen-bond donors (Lipinski definition) is 3. The van der Waals surface area contributed by atoms with Crippen LogP contribution in [-0.4, -0.2) is 29.1 Å². The number of hydrogen-bond acceptors (Lipinski definition) is 7. The second-order valence-electron chi connectivity index (χ2n) is 2.99. The molecule has 16 heavy (non-hydrogen) atoms. The first-order valence-electron chi connectivity index (χ1n) is 4.87. The van der Waals surface area contributed by atoms with Gasteiger partial charge in [0.1, 0.15) is 24.0 Å². The van der Waals surface area contributed by atoms with Crippen molar-refractivity contribution in [2.75, 3.05) is 23.9 Å². The summed E-state index contributed by atoms with van der Waals surface area (Å²) in [5, 5.41) is 2.82. The van der Waals surface area contributed by atoms with E-state index < -0.39 is 0 Å². The van der Waals surface area contributed by atoms with E-state index in [1.165, 1.54) is 0 Å². The van der Waals surface area contributed by atoms with Crippen LogP contribution in [0.5, 0.6) is 0 Å². The molecule has 1 aromatic heterocycles. The molecule has 0 saturated carbocycles. The Kier molecular flexibility index (Phi) is 4.46. The Morgan fingerprint density at radius 2 is 2.19 bits per heavy atom. The van der Waals surface area contributed by atoms with Crippen LogP contribution in [0, 0.1) is 6.92 Å². The van der Waals surface area contributed by atoms with Crippen LogP contribution in [-0.2, 0) is 9.53 Å². The summed E-state index contributed by atoms with van der Waals surface area (Å²) in [5.74, 6) is 6.46. The minimum Gasteiger partial charge on any atom is -0.465 e. The Morgan fingerprint density at radius 1 is 1.50 bits per heavy atom. The largest absolute Gasteiger partial charge is 0.465 e. The number of nitrogen functional groups attached to an aromatic ring is 1. The summed E-state index contributed by atoms with van der Waals surface area (Å²) in [6.07, 6.45) is 0. The van der Waals surface area contributed by atoms with Gasteiger partial charge in [-0.05, 0) is 13.8 Å². The highest BCUT2D eigenvalue weighted by Gasteiger charge is 2.04. The molecule has 0 aromatic carbocycles. The van der Waals surface area contributed by atoms with Gasteiger partial charge in [-0.25, -0.2) is 15.8 Å². The predicted octanol–water partition coefficient (Wildman–Crippen LogP) is 0.0456. The molecular weight excluding hydrogens is 210 g/mol. The van der Waals surface area contributed by atoms with Crippen LogP contribution in [0.15, 0.2) is 6.07 Å². The Bertz CT molecular complexity index is 369. The molecule has 1 heterocycles. The zero-order chi connectivity index (χ0) is 12.0. The molecule has 0 spiro atoms. The van der Waals surface area contributed by atoms with E-state index in [9.17, 15) is 4.79 Å². The van der Waals surface area contributed by atoms with Crippen LogP contribution in [0.2, 0.25) is 0 Å². The molecule has 0 amide bonds. The Balaban J connectivity index is 2.59. The number of esters is 1. The van der Waals surface area contributed by atoms with Crippen molar-refractivity contribution in [1.82, 2.24) is 9.97 Å². The van der Waals surface area contributed by atoms with E-state index >= 15 is 0 Å². The quantitative estimate of drug-likeness (QED) is 0.369. The molecule has 0 aliphatic heterocycles. The average molecular weight is 225 g/mol. The molecule has 0 unspecified atom stereocenters. The standard InChI is InChI=1S/C9H15N5O2/c1-3-16-9(15)5-11-7-4-8(14-10)13-6(2)12-7/h4H,3,5,10H2,1-2H3,(H2,11,12,13,14). The second-order valence-corrected chi connectivity index (χ2v) is 2.99. The van der Waals surface area contributed by atoms with E-state index in [-0.39, 0.29) is 12.5 Å². The predicted molar refractivity (Wildman–Crippen MR) is 59.7 cm³/mol. The third-order valence-corrected chi connectivity index (χ3v) is 1.70. The summed E-state index contributed by atoms with van der Waals surface area (Å²) in [6, 6.07) is 1.60. The van der Waals surface area contributed by atoms with Crippen molar-refractivity contribution >= 4 is 17.6 Å². The number of nitrogens with two attached hydrogens (primary N) is 1. The number of hydrazine groups is 1. The summed E-state index contributed by atoms with van der Waals surface area (Å²) >= 11 is 0. The number of aryl methyl sites for hydroxylation is 1. The summed E-state index contributed by atoms with van der Waals surface area (Å²) in [6.45, 7) is 3.91. The second kappa shape index (κ2) is 5.86. The molecule has 0 fully saturated rings. The molecule has 1 rings (SSSR count). The lowest BCUT2D eigenvalue weighted by molar-refractivity contribution is -0.140. The summed E-state index contributed by atoms with van der Waals surface area (Å²) < 4.78 is 4.77. The lowest BCUT2D eigenvalue weighted by atomic mass is 10.5. The Morgan fingerprint density at radius 3 is 2.81 bits per heavy atom. The van der Waals surface area contributed by atoms with E-state index in [2.05, 4.69) is 20.7 Å². The van der Waals surface area contributed by atoms with Crippen LogP contribution in [0.1, 0.15) is 12.7 Å². The fraction of sp³-hybridized carbons (Fsp3) is 0.444. The molecule has 0 aliphatic rings. The lowest BCUT2D eigenvalue weighted by Gasteiger charge is -2.07. The van der Waals surface area contributed by atoms with Crippen LogP contribution < -0.4 is 16.6 Å². The van der Waals surface area contributed by atoms with E-state index in [4.69, 9.17) is 10.6 Å². The monoisotopic (exact) mass is 225 g/mol. The highest BCUT2D eigenvalue weighted by atomic mass is 16.5. The van der Waals surface area contributed by atoms with Crippen molar-refractivity contribution in [2.45, 2.75) is 13.8 Å². The SMILES string of the molecule is CCOC(=O)CNc1cc(NN)nc(C)n1.